The minimum Gasteiger partial charge on any atom is -0.320 e. The summed E-state index contributed by atoms with van der Waals surface area (Å²) in [7, 11) is 0. The number of aryl methyl sites for hydroxylation is 2. The SMILES string of the molecule is CCc1cccc(C)c1NC(=O)N(C(C)C)C(C)C. The molecule has 0 spiro atoms. The number of hydrogen-bond acceptors (Lipinski definition) is 1. The van der Waals surface area contributed by atoms with Crippen LogP contribution in [0.4, 0.5) is 10.5 Å². The molecule has 0 fully saturated rings. The maximum absolute atomic E-state index is 12.4. The van der Waals surface area contributed by atoms with Crippen LogP contribution in [0, 0.1) is 6.92 Å². The summed E-state index contributed by atoms with van der Waals surface area (Å²) < 4.78 is 0. The Morgan fingerprint density at radius 3 is 2.26 bits per heavy atom. The Kier molecular flexibility index (Phi) is 5.40. The summed E-state index contributed by atoms with van der Waals surface area (Å²) in [5, 5.41) is 3.08. The molecule has 106 valence electrons. The molecule has 0 saturated heterocycles. The van der Waals surface area contributed by atoms with Gasteiger partial charge in [0.1, 0.15) is 0 Å². The first-order chi connectivity index (χ1) is 8.88. The predicted molar refractivity (Wildman–Crippen MR) is 81.7 cm³/mol. The Morgan fingerprint density at radius 2 is 1.79 bits per heavy atom. The molecule has 19 heavy (non-hydrogen) atoms. The standard InChI is InChI=1S/C16H26N2O/c1-7-14-10-8-9-13(6)15(14)17-16(19)18(11(2)3)12(4)5/h8-12H,7H2,1-6H3,(H,17,19). The zero-order valence-electron chi connectivity index (χ0n) is 12.9. The summed E-state index contributed by atoms with van der Waals surface area (Å²) >= 11 is 0. The number of anilines is 1. The molecule has 3 heteroatoms. The molecule has 0 bridgehead atoms. The van der Waals surface area contributed by atoms with Gasteiger partial charge in [-0.1, -0.05) is 25.1 Å². The molecule has 0 radical (unpaired) electrons. The highest BCUT2D eigenvalue weighted by atomic mass is 16.2. The Balaban J connectivity index is 2.99. The van der Waals surface area contributed by atoms with Crippen molar-refractivity contribution in [1.82, 2.24) is 4.90 Å². The van der Waals surface area contributed by atoms with Gasteiger partial charge in [0.2, 0.25) is 0 Å². The van der Waals surface area contributed by atoms with E-state index in [4.69, 9.17) is 0 Å². The van der Waals surface area contributed by atoms with E-state index in [2.05, 4.69) is 18.3 Å². The van der Waals surface area contributed by atoms with Gasteiger partial charge in [-0.05, 0) is 52.2 Å². The second kappa shape index (κ2) is 6.60. The van der Waals surface area contributed by atoms with Crippen molar-refractivity contribution in [3.05, 3.63) is 29.3 Å². The lowest BCUT2D eigenvalue weighted by Crippen LogP contribution is -2.44. The molecule has 1 aromatic rings. The smallest absolute Gasteiger partial charge is 0.320 e. The van der Waals surface area contributed by atoms with Crippen LogP contribution in [0.15, 0.2) is 18.2 Å². The number of benzene rings is 1. The summed E-state index contributed by atoms with van der Waals surface area (Å²) in [6.45, 7) is 12.3. The van der Waals surface area contributed by atoms with Crippen LogP contribution in [0.3, 0.4) is 0 Å². The molecule has 0 aliphatic rings. The van der Waals surface area contributed by atoms with Gasteiger partial charge in [-0.3, -0.25) is 0 Å². The van der Waals surface area contributed by atoms with Gasteiger partial charge in [0.15, 0.2) is 0 Å². The predicted octanol–water partition coefficient (Wildman–Crippen LogP) is 4.21. The quantitative estimate of drug-likeness (QED) is 0.866. The van der Waals surface area contributed by atoms with Crippen LogP contribution in [0.5, 0.6) is 0 Å². The number of hydrogen-bond donors (Lipinski definition) is 1. The number of para-hydroxylation sites is 1. The van der Waals surface area contributed by atoms with Crippen LogP contribution in [-0.2, 0) is 6.42 Å². The second-order valence-corrected chi connectivity index (χ2v) is 5.49. The summed E-state index contributed by atoms with van der Waals surface area (Å²) in [6.07, 6.45) is 0.917. The van der Waals surface area contributed by atoms with Crippen LogP contribution < -0.4 is 5.32 Å². The third kappa shape index (κ3) is 3.72. The number of nitrogens with zero attached hydrogens (tertiary/aromatic N) is 1. The lowest BCUT2D eigenvalue weighted by Gasteiger charge is -2.31. The Labute approximate surface area is 117 Å². The number of carbonyl (C=O) groups is 1. The molecule has 2 amide bonds. The van der Waals surface area contributed by atoms with Crippen LogP contribution in [-0.4, -0.2) is 23.0 Å². The first-order valence-corrected chi connectivity index (χ1v) is 7.06. The molecular weight excluding hydrogens is 236 g/mol. The molecule has 0 aliphatic carbocycles. The first-order valence-electron chi connectivity index (χ1n) is 7.06. The fourth-order valence-corrected chi connectivity index (χ4v) is 2.44. The van der Waals surface area contributed by atoms with E-state index in [9.17, 15) is 4.79 Å². The molecule has 1 rings (SSSR count). The molecule has 1 aromatic carbocycles. The highest BCUT2D eigenvalue weighted by molar-refractivity contribution is 5.91. The summed E-state index contributed by atoms with van der Waals surface area (Å²) in [5.74, 6) is 0. The van der Waals surface area contributed by atoms with Gasteiger partial charge in [0, 0.05) is 17.8 Å². The van der Waals surface area contributed by atoms with Gasteiger partial charge >= 0.3 is 6.03 Å². The number of rotatable bonds is 4. The van der Waals surface area contributed by atoms with E-state index in [-0.39, 0.29) is 18.1 Å². The Hall–Kier alpha value is -1.51. The van der Waals surface area contributed by atoms with Crippen molar-refractivity contribution in [2.24, 2.45) is 0 Å². The lowest BCUT2D eigenvalue weighted by atomic mass is 10.1. The zero-order valence-corrected chi connectivity index (χ0v) is 12.9. The molecule has 0 heterocycles. The number of nitrogens with one attached hydrogen (secondary N) is 1. The molecule has 1 N–H and O–H groups in total. The Morgan fingerprint density at radius 1 is 1.21 bits per heavy atom. The van der Waals surface area contributed by atoms with Crippen LogP contribution >= 0.6 is 0 Å². The fourth-order valence-electron chi connectivity index (χ4n) is 2.44. The van der Waals surface area contributed by atoms with Crippen molar-refractivity contribution in [1.29, 1.82) is 0 Å². The van der Waals surface area contributed by atoms with Crippen molar-refractivity contribution in [3.8, 4) is 0 Å². The van der Waals surface area contributed by atoms with Gasteiger partial charge in [-0.25, -0.2) is 4.79 Å². The fraction of sp³-hybridized carbons (Fsp3) is 0.562. The normalized spacial score (nSPS) is 10.9. The second-order valence-electron chi connectivity index (χ2n) is 5.49. The van der Waals surface area contributed by atoms with E-state index in [1.54, 1.807) is 0 Å². The van der Waals surface area contributed by atoms with Crippen molar-refractivity contribution in [3.63, 3.8) is 0 Å². The van der Waals surface area contributed by atoms with E-state index < -0.39 is 0 Å². The largest absolute Gasteiger partial charge is 0.322 e. The molecule has 3 nitrogen and oxygen atoms in total. The molecule has 0 saturated carbocycles. The summed E-state index contributed by atoms with van der Waals surface area (Å²) in [6, 6.07) is 6.49. The van der Waals surface area contributed by atoms with E-state index in [0.29, 0.717) is 0 Å². The van der Waals surface area contributed by atoms with E-state index >= 15 is 0 Å². The van der Waals surface area contributed by atoms with Crippen LogP contribution in [0.25, 0.3) is 0 Å². The van der Waals surface area contributed by atoms with Crippen molar-refractivity contribution >= 4 is 11.7 Å². The monoisotopic (exact) mass is 262 g/mol. The van der Waals surface area contributed by atoms with Gasteiger partial charge in [-0.15, -0.1) is 0 Å². The maximum Gasteiger partial charge on any atom is 0.322 e. The zero-order chi connectivity index (χ0) is 14.6. The van der Waals surface area contributed by atoms with Crippen molar-refractivity contribution in [2.75, 3.05) is 5.32 Å². The molecule has 0 aromatic heterocycles. The van der Waals surface area contributed by atoms with Gasteiger partial charge in [0.25, 0.3) is 0 Å². The first kappa shape index (κ1) is 15.5. The minimum atomic E-state index is -0.0194. The van der Waals surface area contributed by atoms with Crippen molar-refractivity contribution in [2.45, 2.75) is 60.0 Å². The number of carbonyl (C=O) groups excluding carboxylic acids is 1. The third-order valence-corrected chi connectivity index (χ3v) is 3.32. The third-order valence-electron chi connectivity index (χ3n) is 3.32. The van der Waals surface area contributed by atoms with E-state index in [1.807, 2.05) is 51.7 Å². The highest BCUT2D eigenvalue weighted by Gasteiger charge is 2.21. The maximum atomic E-state index is 12.4. The molecule has 0 atom stereocenters. The summed E-state index contributed by atoms with van der Waals surface area (Å²) in [4.78, 5) is 14.3. The minimum absolute atomic E-state index is 0.0194. The summed E-state index contributed by atoms with van der Waals surface area (Å²) in [5.41, 5.74) is 3.25. The van der Waals surface area contributed by atoms with Gasteiger partial charge < -0.3 is 10.2 Å². The molecule has 0 unspecified atom stereocenters. The average Bonchev–Trinajstić information content (AvgIpc) is 2.30. The number of urea groups is 1. The van der Waals surface area contributed by atoms with Crippen LogP contribution in [0.2, 0.25) is 0 Å². The van der Waals surface area contributed by atoms with Gasteiger partial charge in [0.05, 0.1) is 0 Å². The molecule has 0 aliphatic heterocycles. The average molecular weight is 262 g/mol. The van der Waals surface area contributed by atoms with E-state index in [1.165, 1.54) is 5.56 Å². The van der Waals surface area contributed by atoms with E-state index in [0.717, 1.165) is 17.7 Å². The highest BCUT2D eigenvalue weighted by Crippen LogP contribution is 2.22. The topological polar surface area (TPSA) is 32.3 Å². The van der Waals surface area contributed by atoms with Crippen LogP contribution in [0.1, 0.15) is 45.7 Å². The lowest BCUT2D eigenvalue weighted by molar-refractivity contribution is 0.178. The Bertz CT molecular complexity index is 430. The van der Waals surface area contributed by atoms with Crippen molar-refractivity contribution < 1.29 is 4.79 Å². The van der Waals surface area contributed by atoms with Gasteiger partial charge in [-0.2, -0.15) is 0 Å². The number of amides is 2. The molecular formula is C16H26N2O.